The maximum atomic E-state index is 8.55. The van der Waals surface area contributed by atoms with Gasteiger partial charge in [-0.2, -0.15) is 0 Å². The van der Waals surface area contributed by atoms with Gasteiger partial charge in [-0.3, -0.25) is 0 Å². The minimum Gasteiger partial charge on any atom is -0.235 e. The molecule has 2 nitrogen and oxygen atoms in total. The summed E-state index contributed by atoms with van der Waals surface area (Å²) in [5.41, 5.74) is 13.1. The van der Waals surface area contributed by atoms with Crippen molar-refractivity contribution in [3.63, 3.8) is 0 Å². The molecular formula is C41H24N2S. The molecule has 204 valence electrons. The average molecular weight is 582 g/mol. The zero-order valence-corrected chi connectivity index (χ0v) is 24.1. The Kier molecular flexibility index (Phi) is 3.96. The fraction of sp³-hybridized carbons (Fsp3) is 0.0244. The van der Waals surface area contributed by atoms with Crippen LogP contribution in [0.1, 0.15) is 29.1 Å². The van der Waals surface area contributed by atoms with Crippen molar-refractivity contribution >= 4 is 31.6 Å². The lowest BCUT2D eigenvalue weighted by Crippen LogP contribution is -2.25. The molecule has 0 saturated carbocycles. The second-order valence-electron chi connectivity index (χ2n) is 11.4. The number of fused-ring (bicyclic) bond motifs is 13. The number of aromatic nitrogens is 2. The van der Waals surface area contributed by atoms with E-state index in [1.165, 1.54) is 62.2 Å². The standard InChI is InChI=1S/C41H24N2S/c1-2-10-25(11-3-1)38-40-39(43-24-42-38)32-23-27(19-21-37(32)44-40)26-18-20-36-31(22-26)30-14-6-9-17-35(30)41(36)33-15-7-4-12-28(33)29-13-5-8-16-34(29)41/h1-24H/i1D,2D,3D,10D,11D. The summed E-state index contributed by atoms with van der Waals surface area (Å²) in [6.45, 7) is 0. The fourth-order valence-corrected chi connectivity index (χ4v) is 8.71. The number of rotatable bonds is 2. The molecule has 10 rings (SSSR count). The van der Waals surface area contributed by atoms with Crippen LogP contribution in [0.15, 0.2) is 146 Å². The number of hydrogen-bond donors (Lipinski definition) is 0. The molecule has 2 aliphatic carbocycles. The van der Waals surface area contributed by atoms with Crippen LogP contribution in [0.25, 0.3) is 64.9 Å². The van der Waals surface area contributed by atoms with Gasteiger partial charge in [0.05, 0.1) is 28.2 Å². The Labute approximate surface area is 266 Å². The lowest BCUT2D eigenvalue weighted by Gasteiger charge is -2.30. The Morgan fingerprint density at radius 2 is 1.14 bits per heavy atom. The van der Waals surface area contributed by atoms with E-state index in [0.717, 1.165) is 21.2 Å². The van der Waals surface area contributed by atoms with Crippen molar-refractivity contribution in [2.24, 2.45) is 0 Å². The Balaban J connectivity index is 1.17. The topological polar surface area (TPSA) is 25.8 Å². The predicted octanol–water partition coefficient (Wildman–Crippen LogP) is 10.5. The molecule has 0 atom stereocenters. The molecule has 0 radical (unpaired) electrons. The van der Waals surface area contributed by atoms with Crippen LogP contribution in [0.4, 0.5) is 0 Å². The lowest BCUT2D eigenvalue weighted by molar-refractivity contribution is 0.794. The van der Waals surface area contributed by atoms with Gasteiger partial charge in [-0.05, 0) is 73.8 Å². The Morgan fingerprint density at radius 3 is 1.84 bits per heavy atom. The van der Waals surface area contributed by atoms with Gasteiger partial charge in [0.2, 0.25) is 0 Å². The van der Waals surface area contributed by atoms with Gasteiger partial charge in [-0.1, -0.05) is 121 Å². The quantitative estimate of drug-likeness (QED) is 0.203. The van der Waals surface area contributed by atoms with E-state index in [0.29, 0.717) is 15.9 Å². The third-order valence-corrected chi connectivity index (χ3v) is 10.5. The van der Waals surface area contributed by atoms with E-state index in [1.807, 2.05) is 0 Å². The summed E-state index contributed by atoms with van der Waals surface area (Å²) in [6.07, 6.45) is 1.42. The van der Waals surface area contributed by atoms with Crippen LogP contribution in [0, 0.1) is 0 Å². The smallest absolute Gasteiger partial charge is 0.116 e. The van der Waals surface area contributed by atoms with Crippen molar-refractivity contribution in [3.8, 4) is 44.6 Å². The molecule has 0 bridgehead atoms. The minimum atomic E-state index is -0.422. The van der Waals surface area contributed by atoms with E-state index in [9.17, 15) is 0 Å². The molecule has 2 heterocycles. The van der Waals surface area contributed by atoms with Crippen molar-refractivity contribution < 1.29 is 6.85 Å². The highest BCUT2D eigenvalue weighted by Gasteiger charge is 2.51. The molecule has 0 aliphatic heterocycles. The zero-order chi connectivity index (χ0) is 33.2. The molecular weight excluding hydrogens is 553 g/mol. The fourth-order valence-electron chi connectivity index (χ4n) is 7.58. The summed E-state index contributed by atoms with van der Waals surface area (Å²) < 4.78 is 43.2. The van der Waals surface area contributed by atoms with Crippen LogP contribution in [0.3, 0.4) is 0 Å². The molecule has 8 aromatic rings. The first-order chi connectivity index (χ1) is 23.9. The van der Waals surface area contributed by atoms with E-state index >= 15 is 0 Å². The number of thiophene rings is 1. The highest BCUT2D eigenvalue weighted by atomic mass is 32.1. The summed E-state index contributed by atoms with van der Waals surface area (Å²) in [6, 6.07) is 37.8. The maximum Gasteiger partial charge on any atom is 0.116 e. The van der Waals surface area contributed by atoms with Gasteiger partial charge in [-0.25, -0.2) is 9.97 Å². The lowest BCUT2D eigenvalue weighted by atomic mass is 9.70. The van der Waals surface area contributed by atoms with Gasteiger partial charge in [0.1, 0.15) is 6.33 Å². The second kappa shape index (κ2) is 8.82. The summed E-state index contributed by atoms with van der Waals surface area (Å²) in [7, 11) is 0. The van der Waals surface area contributed by atoms with Gasteiger partial charge in [-0.15, -0.1) is 11.3 Å². The van der Waals surface area contributed by atoms with Crippen molar-refractivity contribution in [2.45, 2.75) is 5.41 Å². The number of benzene rings is 6. The first-order valence-corrected chi connectivity index (χ1v) is 15.4. The van der Waals surface area contributed by atoms with E-state index < -0.39 is 6.04 Å². The molecule has 0 fully saturated rings. The van der Waals surface area contributed by atoms with Gasteiger partial charge in [0.15, 0.2) is 0 Å². The minimum absolute atomic E-state index is 0.0893. The zero-order valence-electron chi connectivity index (χ0n) is 28.3. The average Bonchev–Trinajstić information content (AvgIpc) is 3.77. The molecule has 0 amide bonds. The molecule has 44 heavy (non-hydrogen) atoms. The van der Waals surface area contributed by atoms with E-state index in [2.05, 4.69) is 119 Å². The Morgan fingerprint density at radius 1 is 0.545 bits per heavy atom. The monoisotopic (exact) mass is 581 g/mol. The molecule has 1 spiro atoms. The molecule has 0 unspecified atom stereocenters. The number of hydrogen-bond acceptors (Lipinski definition) is 3. The molecule has 0 saturated heterocycles. The Hall–Kier alpha value is -5.38. The highest BCUT2D eigenvalue weighted by Crippen LogP contribution is 2.62. The Bertz CT molecular complexity index is 2680. The number of nitrogens with zero attached hydrogens (tertiary/aromatic N) is 2. The van der Waals surface area contributed by atoms with Crippen LogP contribution < -0.4 is 0 Å². The van der Waals surface area contributed by atoms with Crippen LogP contribution in [0.5, 0.6) is 0 Å². The van der Waals surface area contributed by atoms with Gasteiger partial charge in [0, 0.05) is 15.6 Å². The van der Waals surface area contributed by atoms with Crippen LogP contribution in [-0.2, 0) is 5.41 Å². The second-order valence-corrected chi connectivity index (χ2v) is 12.4. The van der Waals surface area contributed by atoms with E-state index in [-0.39, 0.29) is 35.1 Å². The predicted molar refractivity (Wildman–Crippen MR) is 182 cm³/mol. The SMILES string of the molecule is [2H]c1c([2H])c([2H])c(-c2ncnc3c2sc2ccc(-c4ccc5c(c4)-c4ccccc4C54c5ccccc5-c5ccccc54)cc23)c([2H])c1[2H]. The van der Waals surface area contributed by atoms with Crippen LogP contribution >= 0.6 is 11.3 Å². The third kappa shape index (κ3) is 3.04. The van der Waals surface area contributed by atoms with Crippen molar-refractivity contribution in [1.29, 1.82) is 0 Å². The maximum absolute atomic E-state index is 8.55. The van der Waals surface area contributed by atoms with Crippen LogP contribution in [-0.4, -0.2) is 9.97 Å². The summed E-state index contributed by atoms with van der Waals surface area (Å²) in [4.78, 5) is 9.08. The normalized spacial score (nSPS) is 15.2. The van der Waals surface area contributed by atoms with Crippen molar-refractivity contribution in [3.05, 3.63) is 168 Å². The van der Waals surface area contributed by atoms with Crippen LogP contribution in [0.2, 0.25) is 0 Å². The molecule has 2 aliphatic rings. The van der Waals surface area contributed by atoms with Gasteiger partial charge < -0.3 is 0 Å². The van der Waals surface area contributed by atoms with Gasteiger partial charge in [0.25, 0.3) is 0 Å². The summed E-state index contributed by atoms with van der Waals surface area (Å²) in [5, 5.41) is 0.935. The first kappa shape index (κ1) is 19.7. The molecule has 2 aromatic heterocycles. The summed E-state index contributed by atoms with van der Waals surface area (Å²) >= 11 is 1.47. The van der Waals surface area contributed by atoms with Crippen molar-refractivity contribution in [2.75, 3.05) is 0 Å². The van der Waals surface area contributed by atoms with E-state index in [1.54, 1.807) is 0 Å². The summed E-state index contributed by atoms with van der Waals surface area (Å²) in [5.74, 6) is 0. The molecule has 6 aromatic carbocycles. The third-order valence-electron chi connectivity index (χ3n) is 9.32. The first-order valence-electron chi connectivity index (χ1n) is 17.1. The molecule has 0 N–H and O–H groups in total. The van der Waals surface area contributed by atoms with E-state index in [4.69, 9.17) is 6.85 Å². The largest absolute Gasteiger partial charge is 0.235 e. The highest BCUT2D eigenvalue weighted by molar-refractivity contribution is 7.26. The molecule has 3 heteroatoms. The van der Waals surface area contributed by atoms with Crippen molar-refractivity contribution in [1.82, 2.24) is 9.97 Å². The van der Waals surface area contributed by atoms with Gasteiger partial charge >= 0.3 is 0 Å².